The molecule has 0 bridgehead atoms. The third kappa shape index (κ3) is 5.43. The summed E-state index contributed by atoms with van der Waals surface area (Å²) < 4.78 is 0. The average molecular weight is 416 g/mol. The van der Waals surface area contributed by atoms with Gasteiger partial charge in [-0.1, -0.05) is 30.3 Å². The minimum absolute atomic E-state index is 0. The van der Waals surface area contributed by atoms with Crippen LogP contribution in [-0.2, 0) is 6.54 Å². The molecule has 1 saturated heterocycles. The number of rotatable bonds is 3. The maximum atomic E-state index is 4.31. The predicted molar refractivity (Wildman–Crippen MR) is 105 cm³/mol. The molecule has 1 aromatic rings. The molecule has 22 heavy (non-hydrogen) atoms. The first-order valence-corrected chi connectivity index (χ1v) is 7.78. The fourth-order valence-electron chi connectivity index (χ4n) is 2.98. The molecule has 0 aliphatic carbocycles. The van der Waals surface area contributed by atoms with Gasteiger partial charge in [0.1, 0.15) is 0 Å². The molecular weight excluding hydrogens is 387 g/mol. The smallest absolute Gasteiger partial charge is 0.193 e. The van der Waals surface area contributed by atoms with Crippen molar-refractivity contribution in [2.45, 2.75) is 38.4 Å². The van der Waals surface area contributed by atoms with Gasteiger partial charge in [-0.25, -0.2) is 0 Å². The van der Waals surface area contributed by atoms with Crippen LogP contribution < -0.4 is 5.32 Å². The Hall–Kier alpha value is -0.820. The number of aliphatic imine (C=N–C) groups is 1. The fraction of sp³-hybridized carbons (Fsp3) is 0.588. The molecule has 1 N–H and O–H groups in total. The van der Waals surface area contributed by atoms with E-state index in [4.69, 9.17) is 0 Å². The molecule has 0 saturated carbocycles. The second kappa shape index (κ2) is 9.35. The summed E-state index contributed by atoms with van der Waals surface area (Å²) in [4.78, 5) is 8.93. The number of guanidine groups is 1. The topological polar surface area (TPSA) is 30.9 Å². The summed E-state index contributed by atoms with van der Waals surface area (Å²) in [6.07, 6.45) is 2.34. The lowest BCUT2D eigenvalue weighted by Gasteiger charge is -2.39. The normalized spacial score (nSPS) is 22.8. The van der Waals surface area contributed by atoms with Gasteiger partial charge in [-0.3, -0.25) is 9.89 Å². The highest BCUT2D eigenvalue weighted by atomic mass is 127. The lowest BCUT2D eigenvalue weighted by molar-refractivity contribution is 0.133. The highest BCUT2D eigenvalue weighted by Gasteiger charge is 2.26. The van der Waals surface area contributed by atoms with Crippen molar-refractivity contribution in [3.05, 3.63) is 35.9 Å². The summed E-state index contributed by atoms with van der Waals surface area (Å²) in [6, 6.07) is 11.9. The van der Waals surface area contributed by atoms with Crippen molar-refractivity contribution in [3.8, 4) is 0 Å². The van der Waals surface area contributed by atoms with Gasteiger partial charge in [0.2, 0.25) is 0 Å². The van der Waals surface area contributed by atoms with Crippen LogP contribution in [0.25, 0.3) is 0 Å². The zero-order valence-corrected chi connectivity index (χ0v) is 16.5. The first-order chi connectivity index (χ1) is 10.1. The molecule has 2 rings (SSSR count). The Bertz CT molecular complexity index is 461. The molecule has 1 aliphatic heterocycles. The number of benzene rings is 1. The van der Waals surface area contributed by atoms with Crippen LogP contribution in [0.15, 0.2) is 35.3 Å². The van der Waals surface area contributed by atoms with Gasteiger partial charge in [-0.2, -0.15) is 0 Å². The number of hydrogen-bond donors (Lipinski definition) is 1. The van der Waals surface area contributed by atoms with Gasteiger partial charge in [0.25, 0.3) is 0 Å². The highest BCUT2D eigenvalue weighted by molar-refractivity contribution is 14.0. The molecule has 124 valence electrons. The van der Waals surface area contributed by atoms with Gasteiger partial charge in [-0.15, -0.1) is 24.0 Å². The predicted octanol–water partition coefficient (Wildman–Crippen LogP) is 2.79. The maximum Gasteiger partial charge on any atom is 0.193 e. The van der Waals surface area contributed by atoms with Crippen molar-refractivity contribution in [2.75, 3.05) is 27.7 Å². The van der Waals surface area contributed by atoms with Crippen molar-refractivity contribution in [2.24, 2.45) is 4.99 Å². The zero-order valence-electron chi connectivity index (χ0n) is 14.1. The Morgan fingerprint density at radius 3 is 2.55 bits per heavy atom. The zero-order chi connectivity index (χ0) is 15.2. The highest BCUT2D eigenvalue weighted by Crippen LogP contribution is 2.20. The van der Waals surface area contributed by atoms with Gasteiger partial charge in [0.15, 0.2) is 5.96 Å². The Kier molecular flexibility index (Phi) is 8.17. The average Bonchev–Trinajstić information content (AvgIpc) is 2.48. The number of piperidine rings is 1. The van der Waals surface area contributed by atoms with E-state index in [0.29, 0.717) is 12.1 Å². The van der Waals surface area contributed by atoms with E-state index in [2.05, 4.69) is 52.5 Å². The quantitative estimate of drug-likeness (QED) is 0.467. The fourth-order valence-corrected chi connectivity index (χ4v) is 2.98. The van der Waals surface area contributed by atoms with E-state index in [-0.39, 0.29) is 24.0 Å². The van der Waals surface area contributed by atoms with Gasteiger partial charge < -0.3 is 10.2 Å². The van der Waals surface area contributed by atoms with Crippen LogP contribution >= 0.6 is 24.0 Å². The minimum Gasteiger partial charge on any atom is -0.353 e. The third-order valence-electron chi connectivity index (χ3n) is 4.21. The SMILES string of the molecule is CN=C(NC1CCN(Cc2ccccc2)C(C)C1)N(C)C.I. The molecule has 0 radical (unpaired) electrons. The summed E-state index contributed by atoms with van der Waals surface area (Å²) in [7, 11) is 5.91. The number of hydrogen-bond acceptors (Lipinski definition) is 2. The molecular formula is C17H29IN4. The van der Waals surface area contributed by atoms with Crippen LogP contribution in [0.4, 0.5) is 0 Å². The summed E-state index contributed by atoms with van der Waals surface area (Å²) in [5.41, 5.74) is 1.40. The van der Waals surface area contributed by atoms with E-state index in [1.165, 1.54) is 18.4 Å². The summed E-state index contributed by atoms with van der Waals surface area (Å²) in [5.74, 6) is 0.976. The van der Waals surface area contributed by atoms with Crippen LogP contribution in [0.3, 0.4) is 0 Å². The van der Waals surface area contributed by atoms with Crippen molar-refractivity contribution in [1.82, 2.24) is 15.1 Å². The molecule has 2 atom stereocenters. The Morgan fingerprint density at radius 1 is 1.32 bits per heavy atom. The van der Waals surface area contributed by atoms with Crippen LogP contribution in [0, 0.1) is 0 Å². The molecule has 4 nitrogen and oxygen atoms in total. The standard InChI is InChI=1S/C17H28N4.HI/c1-14-12-16(19-17(18-2)20(3)4)10-11-21(14)13-15-8-6-5-7-9-15;/h5-9,14,16H,10-13H2,1-4H3,(H,18,19);1H. The van der Waals surface area contributed by atoms with Crippen LogP contribution in [0.2, 0.25) is 0 Å². The van der Waals surface area contributed by atoms with Crippen molar-refractivity contribution >= 4 is 29.9 Å². The second-order valence-corrected chi connectivity index (χ2v) is 6.11. The Labute approximate surface area is 152 Å². The van der Waals surface area contributed by atoms with Crippen LogP contribution in [0.5, 0.6) is 0 Å². The van der Waals surface area contributed by atoms with Crippen molar-refractivity contribution in [1.29, 1.82) is 0 Å². The summed E-state index contributed by atoms with van der Waals surface area (Å²) in [5, 5.41) is 3.57. The van der Waals surface area contributed by atoms with Gasteiger partial charge in [0, 0.05) is 46.3 Å². The van der Waals surface area contributed by atoms with E-state index in [0.717, 1.165) is 19.0 Å². The van der Waals surface area contributed by atoms with Gasteiger partial charge in [0.05, 0.1) is 0 Å². The van der Waals surface area contributed by atoms with E-state index in [1.807, 2.05) is 26.0 Å². The minimum atomic E-state index is 0. The summed E-state index contributed by atoms with van der Waals surface area (Å²) >= 11 is 0. The first-order valence-electron chi connectivity index (χ1n) is 7.78. The molecule has 1 heterocycles. The van der Waals surface area contributed by atoms with E-state index >= 15 is 0 Å². The first kappa shape index (κ1) is 19.2. The van der Waals surface area contributed by atoms with Crippen LogP contribution in [0.1, 0.15) is 25.3 Å². The molecule has 0 aromatic heterocycles. The number of nitrogens with one attached hydrogen (secondary N) is 1. The van der Waals surface area contributed by atoms with Crippen molar-refractivity contribution < 1.29 is 0 Å². The molecule has 5 heteroatoms. The Balaban J connectivity index is 0.00000242. The van der Waals surface area contributed by atoms with E-state index < -0.39 is 0 Å². The molecule has 0 spiro atoms. The number of nitrogens with zero attached hydrogens (tertiary/aromatic N) is 3. The summed E-state index contributed by atoms with van der Waals surface area (Å²) in [6.45, 7) is 4.52. The monoisotopic (exact) mass is 416 g/mol. The van der Waals surface area contributed by atoms with Crippen molar-refractivity contribution in [3.63, 3.8) is 0 Å². The number of halogens is 1. The molecule has 1 aromatic carbocycles. The Morgan fingerprint density at radius 2 is 2.00 bits per heavy atom. The van der Waals surface area contributed by atoms with Gasteiger partial charge >= 0.3 is 0 Å². The third-order valence-corrected chi connectivity index (χ3v) is 4.21. The maximum absolute atomic E-state index is 4.31. The number of likely N-dealkylation sites (tertiary alicyclic amines) is 1. The largest absolute Gasteiger partial charge is 0.353 e. The molecule has 2 unspecified atom stereocenters. The van der Waals surface area contributed by atoms with Crippen LogP contribution in [-0.4, -0.2) is 55.5 Å². The molecule has 1 fully saturated rings. The lowest BCUT2D eigenvalue weighted by atomic mass is 9.97. The van der Waals surface area contributed by atoms with Gasteiger partial charge in [-0.05, 0) is 25.3 Å². The van der Waals surface area contributed by atoms with E-state index in [9.17, 15) is 0 Å². The van der Waals surface area contributed by atoms with E-state index in [1.54, 1.807) is 0 Å². The second-order valence-electron chi connectivity index (χ2n) is 6.11. The molecule has 0 amide bonds. The molecule has 1 aliphatic rings. The lowest BCUT2D eigenvalue weighted by Crippen LogP contribution is -2.50.